The molecule has 38 heavy (non-hydrogen) atoms. The van der Waals surface area contributed by atoms with Crippen molar-refractivity contribution in [2.24, 2.45) is 0 Å². The third-order valence-corrected chi connectivity index (χ3v) is 7.71. The Morgan fingerprint density at radius 2 is 0.816 bits per heavy atom. The van der Waals surface area contributed by atoms with E-state index < -0.39 is 47.9 Å². The summed E-state index contributed by atoms with van der Waals surface area (Å²) in [5.74, 6) is -49.8. The quantitative estimate of drug-likeness (QED) is 0.197. The maximum absolute atomic E-state index is 12.8. The fraction of sp³-hybridized carbons (Fsp3) is 0.944. The summed E-state index contributed by atoms with van der Waals surface area (Å²) in [6.07, 6.45) is -6.43. The van der Waals surface area contributed by atoms with Crippen LogP contribution in [0.2, 0.25) is 0 Å². The van der Waals surface area contributed by atoms with Crippen LogP contribution in [0.4, 0.5) is 79.0 Å². The molecule has 1 atom stereocenters. The second-order valence-corrected chi connectivity index (χ2v) is 10.6. The van der Waals surface area contributed by atoms with E-state index in [0.717, 1.165) is 11.0 Å². The van der Waals surface area contributed by atoms with Crippen molar-refractivity contribution in [1.29, 1.82) is 0 Å². The summed E-state index contributed by atoms with van der Waals surface area (Å²) >= 11 is 0. The average Bonchev–Trinajstić information content (AvgIpc) is 2.72. The molecule has 0 radical (unpaired) electrons. The molecule has 1 aliphatic carbocycles. The first kappa shape index (κ1) is 36.8. The zero-order chi connectivity index (χ0) is 31.0. The highest BCUT2D eigenvalue weighted by molar-refractivity contribution is 7.97. The van der Waals surface area contributed by atoms with Gasteiger partial charge in [0.05, 0.1) is 6.26 Å². The monoisotopic (exact) mass is 625 g/mol. The second kappa shape index (κ2) is 11.3. The van der Waals surface area contributed by atoms with Crippen molar-refractivity contribution in [3.05, 3.63) is 0 Å². The minimum Gasteiger partial charge on any atom is -0.295 e. The summed E-state index contributed by atoms with van der Waals surface area (Å²) in [5, 5.41) is 0.864. The Bertz CT molecular complexity index is 746. The van der Waals surface area contributed by atoms with Gasteiger partial charge in [-0.3, -0.25) is 4.79 Å². The molecule has 0 aromatic rings. The maximum Gasteiger partial charge on any atom is 0.460 e. The van der Waals surface area contributed by atoms with E-state index in [9.17, 15) is 83.8 Å². The molecule has 1 rings (SSSR count). The largest absolute Gasteiger partial charge is 0.460 e. The van der Waals surface area contributed by atoms with Gasteiger partial charge >= 0.3 is 47.9 Å². The molecule has 20 heteroatoms. The van der Waals surface area contributed by atoms with Crippen LogP contribution in [0.5, 0.6) is 0 Å². The first-order chi connectivity index (χ1) is 16.4. The van der Waals surface area contributed by atoms with E-state index in [2.05, 4.69) is 6.26 Å². The van der Waals surface area contributed by atoms with E-state index in [1.165, 1.54) is 32.1 Å². The Morgan fingerprint density at radius 1 is 0.553 bits per heavy atom. The normalized spacial score (nSPS) is 18.5. The Kier molecular flexibility index (Phi) is 11.0. The van der Waals surface area contributed by atoms with Gasteiger partial charge < -0.3 is 0 Å². The number of halogens is 18. The third-order valence-electron chi connectivity index (χ3n) is 5.24. The molecule has 1 unspecified atom stereocenters. The fourth-order valence-corrected chi connectivity index (χ4v) is 5.07. The van der Waals surface area contributed by atoms with E-state index in [-0.39, 0.29) is 0 Å². The molecule has 1 fully saturated rings. The minimum absolute atomic E-state index is 0.364. The topological polar surface area (TPSA) is 17.1 Å². The standard InChI is InChI=1S/C10H19OS.C8F18/c1-9(11)8-12(2)10-6-4-3-5-7-10;9-1(10,3(13,14)5(17,18)7(21,22)23)2(11,12)4(15,16)6(19,20)8(24,25)26/h10H,3-8H2,1-2H3;/q+1;. The Labute approximate surface area is 205 Å². The Balaban J connectivity index is 0.000000942. The highest BCUT2D eigenvalue weighted by Crippen LogP contribution is 2.64. The molecule has 0 heterocycles. The molecule has 1 nitrogen and oxygen atoms in total. The van der Waals surface area contributed by atoms with Crippen molar-refractivity contribution in [2.45, 2.75) is 92.2 Å². The highest BCUT2D eigenvalue weighted by Gasteiger charge is 2.95. The smallest absolute Gasteiger partial charge is 0.295 e. The van der Waals surface area contributed by atoms with Crippen LogP contribution in [-0.4, -0.2) is 70.9 Å². The SMILES string of the molecule is CC(=O)C[S+](C)C1CCCCC1.FC(F)(F)C(F)(F)C(F)(F)C(F)(F)C(F)(F)C(F)(F)C(F)(F)C(F)(F)F. The number of hydrogen-bond acceptors (Lipinski definition) is 1. The minimum atomic E-state index is -8.72. The van der Waals surface area contributed by atoms with Crippen LogP contribution in [0, 0.1) is 0 Å². The lowest BCUT2D eigenvalue weighted by Crippen LogP contribution is -2.74. The van der Waals surface area contributed by atoms with Gasteiger partial charge in [-0.15, -0.1) is 0 Å². The van der Waals surface area contributed by atoms with Gasteiger partial charge in [0, 0.05) is 0 Å². The molecule has 228 valence electrons. The average molecular weight is 625 g/mol. The molecule has 0 bridgehead atoms. The van der Waals surface area contributed by atoms with E-state index in [4.69, 9.17) is 0 Å². The first-order valence-electron chi connectivity index (χ1n) is 9.96. The van der Waals surface area contributed by atoms with Gasteiger partial charge in [-0.25, -0.2) is 0 Å². The predicted molar refractivity (Wildman–Crippen MR) is 97.5 cm³/mol. The summed E-state index contributed by atoms with van der Waals surface area (Å²) in [7, 11) is 0.364. The lowest BCUT2D eigenvalue weighted by Gasteiger charge is -2.41. The number of ketones is 1. The van der Waals surface area contributed by atoms with Crippen LogP contribution in [0.25, 0.3) is 0 Å². The molecule has 1 aliphatic rings. The van der Waals surface area contributed by atoms with Crippen LogP contribution in [0.3, 0.4) is 0 Å². The van der Waals surface area contributed by atoms with Crippen LogP contribution in [-0.2, 0) is 15.7 Å². The van der Waals surface area contributed by atoms with Gasteiger partial charge in [-0.2, -0.15) is 79.0 Å². The van der Waals surface area contributed by atoms with Crippen molar-refractivity contribution in [3.63, 3.8) is 0 Å². The summed E-state index contributed by atoms with van der Waals surface area (Å²) in [6.45, 7) is 1.71. The van der Waals surface area contributed by atoms with Gasteiger partial charge in [0.15, 0.2) is 11.5 Å². The van der Waals surface area contributed by atoms with Gasteiger partial charge in [0.25, 0.3) is 0 Å². The summed E-state index contributed by atoms with van der Waals surface area (Å²) < 4.78 is 221. The van der Waals surface area contributed by atoms with Gasteiger partial charge in [0.2, 0.25) is 0 Å². The molecule has 0 aromatic heterocycles. The molecule has 0 saturated heterocycles. The first-order valence-corrected chi connectivity index (χ1v) is 11.8. The second-order valence-electron chi connectivity index (χ2n) is 8.24. The highest BCUT2D eigenvalue weighted by atomic mass is 32.2. The molecule has 0 amide bonds. The molecule has 1 saturated carbocycles. The predicted octanol–water partition coefficient (Wildman–Crippen LogP) is 8.08. The van der Waals surface area contributed by atoms with Crippen molar-refractivity contribution >= 4 is 16.7 Å². The molecule has 0 aliphatic heterocycles. The van der Waals surface area contributed by atoms with E-state index >= 15 is 0 Å². The van der Waals surface area contributed by atoms with Crippen molar-refractivity contribution in [1.82, 2.24) is 0 Å². The number of carbonyl (C=O) groups excluding carboxylic acids is 1. The van der Waals surface area contributed by atoms with Gasteiger partial charge in [-0.05, 0) is 43.5 Å². The number of rotatable bonds is 8. The molecular weight excluding hydrogens is 606 g/mol. The lowest BCUT2D eigenvalue weighted by atomic mass is 9.91. The molecular formula is C18H19F18OS+. The maximum atomic E-state index is 12.8. The van der Waals surface area contributed by atoms with Crippen LogP contribution >= 0.6 is 0 Å². The van der Waals surface area contributed by atoms with E-state index in [1.807, 2.05) is 0 Å². The number of hydrogen-bond donors (Lipinski definition) is 0. The van der Waals surface area contributed by atoms with Crippen molar-refractivity contribution < 1.29 is 83.8 Å². The third kappa shape index (κ3) is 6.55. The zero-order valence-corrected chi connectivity index (χ0v) is 19.8. The summed E-state index contributed by atoms with van der Waals surface area (Å²) in [5.41, 5.74) is 0. The Hall–Kier alpha value is -1.24. The molecule has 0 N–H and O–H groups in total. The number of Topliss-reactive ketones (excluding diaryl/α,β-unsaturated/α-hetero) is 1. The summed E-state index contributed by atoms with van der Waals surface area (Å²) in [6, 6.07) is 0. The van der Waals surface area contributed by atoms with Gasteiger partial charge in [0.1, 0.15) is 5.25 Å². The van der Waals surface area contributed by atoms with Crippen LogP contribution in [0.15, 0.2) is 0 Å². The van der Waals surface area contributed by atoms with Crippen molar-refractivity contribution in [3.8, 4) is 0 Å². The lowest BCUT2D eigenvalue weighted by molar-refractivity contribution is -0.468. The number of carbonyl (C=O) groups is 1. The van der Waals surface area contributed by atoms with Crippen LogP contribution in [0.1, 0.15) is 39.0 Å². The van der Waals surface area contributed by atoms with E-state index in [0.29, 0.717) is 16.7 Å². The van der Waals surface area contributed by atoms with Crippen LogP contribution < -0.4 is 0 Å². The fourth-order valence-electron chi connectivity index (χ4n) is 3.05. The zero-order valence-electron chi connectivity index (χ0n) is 18.9. The summed E-state index contributed by atoms with van der Waals surface area (Å²) in [4.78, 5) is 10.9. The number of alkyl halides is 18. The van der Waals surface area contributed by atoms with Gasteiger partial charge in [-0.1, -0.05) is 6.42 Å². The molecule has 0 spiro atoms. The Morgan fingerprint density at radius 3 is 1.05 bits per heavy atom. The van der Waals surface area contributed by atoms with E-state index in [1.54, 1.807) is 6.92 Å². The van der Waals surface area contributed by atoms with Crippen molar-refractivity contribution in [2.75, 3.05) is 12.0 Å². The molecule has 0 aromatic carbocycles.